The fourth-order valence-electron chi connectivity index (χ4n) is 2.01. The van der Waals surface area contributed by atoms with E-state index in [-0.39, 0.29) is 16.2 Å². The van der Waals surface area contributed by atoms with E-state index in [0.29, 0.717) is 15.9 Å². The zero-order valence-corrected chi connectivity index (χ0v) is 13.8. The van der Waals surface area contributed by atoms with Crippen molar-refractivity contribution in [2.24, 2.45) is 7.05 Å². The molecule has 0 unspecified atom stereocenters. The number of hydrogen-bond acceptors (Lipinski definition) is 4. The van der Waals surface area contributed by atoms with Crippen molar-refractivity contribution < 1.29 is 18.3 Å². The summed E-state index contributed by atoms with van der Waals surface area (Å²) in [7, 11) is -2.15. The molecular weight excluding hydrogens is 360 g/mol. The summed E-state index contributed by atoms with van der Waals surface area (Å²) in [6.07, 6.45) is 0. The van der Waals surface area contributed by atoms with E-state index in [9.17, 15) is 13.2 Å². The maximum atomic E-state index is 12.5. The standard InChI is InChI=1S/C13H13BrN2O4S/c1-8-12(14)10(16(2)15-8)7-21(19,20)11-6-4-3-5-9(11)13(17)18/h3-6H,7H2,1-2H3,(H,17,18). The number of aromatic nitrogens is 2. The lowest BCUT2D eigenvalue weighted by atomic mass is 10.2. The Balaban J connectivity index is 2.51. The molecule has 112 valence electrons. The van der Waals surface area contributed by atoms with Gasteiger partial charge in [-0.15, -0.1) is 0 Å². The molecule has 21 heavy (non-hydrogen) atoms. The number of aryl methyl sites for hydroxylation is 2. The average molecular weight is 373 g/mol. The Morgan fingerprint density at radius 3 is 2.52 bits per heavy atom. The summed E-state index contributed by atoms with van der Waals surface area (Å²) in [5.74, 6) is -1.59. The van der Waals surface area contributed by atoms with Crippen LogP contribution in [0, 0.1) is 6.92 Å². The van der Waals surface area contributed by atoms with Gasteiger partial charge in [0.2, 0.25) is 0 Å². The fourth-order valence-corrected chi connectivity index (χ4v) is 4.29. The number of carbonyl (C=O) groups is 1. The topological polar surface area (TPSA) is 89.3 Å². The van der Waals surface area contributed by atoms with Gasteiger partial charge in [-0.25, -0.2) is 13.2 Å². The summed E-state index contributed by atoms with van der Waals surface area (Å²) in [4.78, 5) is 11.0. The number of sulfone groups is 1. The Morgan fingerprint density at radius 2 is 2.00 bits per heavy atom. The van der Waals surface area contributed by atoms with Crippen molar-refractivity contribution in [1.82, 2.24) is 9.78 Å². The molecule has 0 aliphatic rings. The molecule has 0 aliphatic carbocycles. The molecule has 2 aromatic rings. The van der Waals surface area contributed by atoms with Crippen molar-refractivity contribution in [3.8, 4) is 0 Å². The Bertz CT molecular complexity index is 812. The van der Waals surface area contributed by atoms with E-state index >= 15 is 0 Å². The first-order chi connectivity index (χ1) is 9.74. The van der Waals surface area contributed by atoms with E-state index in [1.165, 1.54) is 28.9 Å². The Hall–Kier alpha value is -1.67. The molecule has 0 aliphatic heterocycles. The monoisotopic (exact) mass is 372 g/mol. The van der Waals surface area contributed by atoms with Gasteiger partial charge in [-0.05, 0) is 35.0 Å². The number of aromatic carboxylic acids is 1. The van der Waals surface area contributed by atoms with Crippen LogP contribution in [0.3, 0.4) is 0 Å². The zero-order chi connectivity index (χ0) is 15.8. The van der Waals surface area contributed by atoms with Crippen LogP contribution >= 0.6 is 15.9 Å². The van der Waals surface area contributed by atoms with Gasteiger partial charge in [0, 0.05) is 7.05 Å². The molecule has 0 fully saturated rings. The largest absolute Gasteiger partial charge is 0.478 e. The molecule has 6 nitrogen and oxygen atoms in total. The van der Waals surface area contributed by atoms with Crippen LogP contribution in [0.25, 0.3) is 0 Å². The molecule has 0 saturated carbocycles. The zero-order valence-electron chi connectivity index (χ0n) is 11.4. The number of hydrogen-bond donors (Lipinski definition) is 1. The lowest BCUT2D eigenvalue weighted by Gasteiger charge is -2.08. The lowest BCUT2D eigenvalue weighted by molar-refractivity contribution is 0.0692. The van der Waals surface area contributed by atoms with Crippen LogP contribution in [0.4, 0.5) is 0 Å². The molecule has 1 aromatic carbocycles. The third-order valence-electron chi connectivity index (χ3n) is 3.04. The number of benzene rings is 1. The number of carboxylic acids is 1. The van der Waals surface area contributed by atoms with Crippen molar-refractivity contribution in [3.63, 3.8) is 0 Å². The maximum absolute atomic E-state index is 12.5. The lowest BCUT2D eigenvalue weighted by Crippen LogP contribution is -2.13. The number of halogens is 1. The van der Waals surface area contributed by atoms with E-state index < -0.39 is 15.8 Å². The summed E-state index contributed by atoms with van der Waals surface area (Å²) in [6, 6.07) is 5.57. The minimum atomic E-state index is -3.79. The second-order valence-corrected chi connectivity index (χ2v) is 7.28. The molecule has 0 saturated heterocycles. The van der Waals surface area contributed by atoms with E-state index in [1.807, 2.05) is 0 Å². The normalized spacial score (nSPS) is 11.6. The molecule has 0 amide bonds. The Morgan fingerprint density at radius 1 is 1.38 bits per heavy atom. The van der Waals surface area contributed by atoms with Gasteiger partial charge in [-0.2, -0.15) is 5.10 Å². The second-order valence-electron chi connectivity index (χ2n) is 4.53. The van der Waals surface area contributed by atoms with Gasteiger partial charge in [-0.1, -0.05) is 12.1 Å². The van der Waals surface area contributed by atoms with Crippen LogP contribution < -0.4 is 0 Å². The van der Waals surface area contributed by atoms with Gasteiger partial charge < -0.3 is 5.11 Å². The van der Waals surface area contributed by atoms with Gasteiger partial charge in [0.1, 0.15) is 0 Å². The van der Waals surface area contributed by atoms with E-state index in [0.717, 1.165) is 0 Å². The summed E-state index contributed by atoms with van der Waals surface area (Å²) in [5.41, 5.74) is 0.925. The fraction of sp³-hybridized carbons (Fsp3) is 0.231. The van der Waals surface area contributed by atoms with E-state index in [2.05, 4.69) is 21.0 Å². The molecule has 8 heteroatoms. The molecule has 0 spiro atoms. The van der Waals surface area contributed by atoms with Crippen molar-refractivity contribution in [2.45, 2.75) is 17.6 Å². The summed E-state index contributed by atoms with van der Waals surface area (Å²) in [6.45, 7) is 1.76. The van der Waals surface area contributed by atoms with Crippen LogP contribution in [-0.2, 0) is 22.6 Å². The molecular formula is C13H13BrN2O4S. The van der Waals surface area contributed by atoms with Gasteiger partial charge in [0.05, 0.1) is 32.1 Å². The first kappa shape index (κ1) is 15.7. The number of rotatable bonds is 4. The van der Waals surface area contributed by atoms with Gasteiger partial charge in [0.25, 0.3) is 0 Å². The van der Waals surface area contributed by atoms with Crippen LogP contribution in [0.15, 0.2) is 33.6 Å². The van der Waals surface area contributed by atoms with E-state index in [1.54, 1.807) is 14.0 Å². The summed E-state index contributed by atoms with van der Waals surface area (Å²) in [5, 5.41) is 13.3. The van der Waals surface area contributed by atoms with E-state index in [4.69, 9.17) is 5.11 Å². The quantitative estimate of drug-likeness (QED) is 0.887. The minimum Gasteiger partial charge on any atom is -0.478 e. The van der Waals surface area contributed by atoms with Crippen molar-refractivity contribution in [1.29, 1.82) is 0 Å². The predicted molar refractivity (Wildman–Crippen MR) is 79.9 cm³/mol. The summed E-state index contributed by atoms with van der Waals surface area (Å²) < 4.78 is 27.1. The highest BCUT2D eigenvalue weighted by Gasteiger charge is 2.25. The highest BCUT2D eigenvalue weighted by Crippen LogP contribution is 2.26. The Kier molecular flexibility index (Phi) is 4.20. The van der Waals surface area contributed by atoms with Gasteiger partial charge in [-0.3, -0.25) is 4.68 Å². The molecule has 1 N–H and O–H groups in total. The average Bonchev–Trinajstić information content (AvgIpc) is 2.65. The summed E-state index contributed by atoms with van der Waals surface area (Å²) >= 11 is 3.31. The van der Waals surface area contributed by atoms with Crippen molar-refractivity contribution in [2.75, 3.05) is 0 Å². The van der Waals surface area contributed by atoms with Gasteiger partial charge >= 0.3 is 5.97 Å². The molecule has 0 atom stereocenters. The first-order valence-electron chi connectivity index (χ1n) is 5.97. The van der Waals surface area contributed by atoms with Crippen LogP contribution in [0.2, 0.25) is 0 Å². The number of carboxylic acid groups (broad SMARTS) is 1. The molecule has 1 heterocycles. The smallest absolute Gasteiger partial charge is 0.337 e. The second kappa shape index (κ2) is 5.61. The first-order valence-corrected chi connectivity index (χ1v) is 8.41. The van der Waals surface area contributed by atoms with Crippen LogP contribution in [0.5, 0.6) is 0 Å². The van der Waals surface area contributed by atoms with Crippen molar-refractivity contribution >= 4 is 31.7 Å². The van der Waals surface area contributed by atoms with Crippen LogP contribution in [0.1, 0.15) is 21.7 Å². The molecule has 1 aromatic heterocycles. The van der Waals surface area contributed by atoms with Gasteiger partial charge in [0.15, 0.2) is 9.84 Å². The third kappa shape index (κ3) is 3.01. The molecule has 0 bridgehead atoms. The third-order valence-corrected chi connectivity index (χ3v) is 5.75. The SMILES string of the molecule is Cc1nn(C)c(CS(=O)(=O)c2ccccc2C(=O)O)c1Br. The highest BCUT2D eigenvalue weighted by atomic mass is 79.9. The van der Waals surface area contributed by atoms with Crippen LogP contribution in [-0.4, -0.2) is 29.3 Å². The maximum Gasteiger partial charge on any atom is 0.337 e. The Labute approximate surface area is 130 Å². The number of nitrogens with zero attached hydrogens (tertiary/aromatic N) is 2. The van der Waals surface area contributed by atoms with Crippen molar-refractivity contribution in [3.05, 3.63) is 45.7 Å². The molecule has 0 radical (unpaired) electrons. The predicted octanol–water partition coefficient (Wildman–Crippen LogP) is 2.16. The highest BCUT2D eigenvalue weighted by molar-refractivity contribution is 9.10. The molecule has 2 rings (SSSR count). The minimum absolute atomic E-state index is 0.191.